The van der Waals surface area contributed by atoms with Gasteiger partial charge in [-0.05, 0) is 12.1 Å². The Morgan fingerprint density at radius 3 is 2.44 bits per heavy atom. The zero-order valence-electron chi connectivity index (χ0n) is 10.2. The van der Waals surface area contributed by atoms with Crippen LogP contribution in [0.15, 0.2) is 28.7 Å². The Morgan fingerprint density at radius 1 is 1.22 bits per heavy atom. The fraction of sp³-hybridized carbons (Fsp3) is 0.462. The van der Waals surface area contributed by atoms with Gasteiger partial charge in [0.25, 0.3) is 0 Å². The molecule has 0 bridgehead atoms. The van der Waals surface area contributed by atoms with Crippen LogP contribution in [-0.4, -0.2) is 43.4 Å². The summed E-state index contributed by atoms with van der Waals surface area (Å²) in [7, 11) is 0. The van der Waals surface area contributed by atoms with Gasteiger partial charge in [-0.15, -0.1) is 12.4 Å². The molecule has 0 unspecified atom stereocenters. The maximum absolute atomic E-state index is 11.9. The fourth-order valence-corrected chi connectivity index (χ4v) is 2.24. The molecule has 5 heteroatoms. The lowest BCUT2D eigenvalue weighted by Gasteiger charge is -2.26. The van der Waals surface area contributed by atoms with Crippen molar-refractivity contribution in [3.8, 4) is 0 Å². The lowest BCUT2D eigenvalue weighted by atomic mass is 10.1. The van der Waals surface area contributed by atoms with Gasteiger partial charge in [0.1, 0.15) is 0 Å². The van der Waals surface area contributed by atoms with Crippen molar-refractivity contribution in [2.45, 2.75) is 6.42 Å². The number of piperazine rings is 1. The van der Waals surface area contributed by atoms with Crippen molar-refractivity contribution in [3.63, 3.8) is 0 Å². The third-order valence-electron chi connectivity index (χ3n) is 3.03. The van der Waals surface area contributed by atoms with Gasteiger partial charge in [0.2, 0.25) is 0 Å². The fourth-order valence-electron chi connectivity index (χ4n) is 1.97. The average Bonchev–Trinajstić information content (AvgIpc) is 2.38. The molecule has 1 aliphatic rings. The highest BCUT2D eigenvalue weighted by Gasteiger charge is 2.12. The van der Waals surface area contributed by atoms with E-state index in [1.54, 1.807) is 0 Å². The molecule has 1 fully saturated rings. The van der Waals surface area contributed by atoms with Crippen molar-refractivity contribution in [3.05, 3.63) is 34.3 Å². The minimum Gasteiger partial charge on any atom is -0.314 e. The summed E-state index contributed by atoms with van der Waals surface area (Å²) in [6.45, 7) is 5.04. The number of carbonyl (C=O) groups is 1. The van der Waals surface area contributed by atoms with Crippen molar-refractivity contribution in [2.24, 2.45) is 0 Å². The van der Waals surface area contributed by atoms with Crippen LogP contribution in [0.25, 0.3) is 0 Å². The Bertz CT molecular complexity index is 377. The molecule has 0 radical (unpaired) electrons. The first-order valence-electron chi connectivity index (χ1n) is 5.97. The van der Waals surface area contributed by atoms with E-state index >= 15 is 0 Å². The topological polar surface area (TPSA) is 32.3 Å². The minimum absolute atomic E-state index is 0. The molecular formula is C13H18BrClN2O. The highest BCUT2D eigenvalue weighted by atomic mass is 79.9. The highest BCUT2D eigenvalue weighted by molar-refractivity contribution is 9.10. The van der Waals surface area contributed by atoms with Gasteiger partial charge < -0.3 is 10.2 Å². The summed E-state index contributed by atoms with van der Waals surface area (Å²) in [6, 6.07) is 7.59. The number of nitrogens with one attached hydrogen (secondary N) is 1. The smallest absolute Gasteiger partial charge is 0.164 e. The molecule has 1 saturated heterocycles. The SMILES string of the molecule is Cl.O=C(CCN1CCNCC1)c1ccc(Br)cc1. The lowest BCUT2D eigenvalue weighted by Crippen LogP contribution is -2.44. The molecule has 1 N–H and O–H groups in total. The van der Waals surface area contributed by atoms with Crippen molar-refractivity contribution in [2.75, 3.05) is 32.7 Å². The Labute approximate surface area is 122 Å². The first-order valence-corrected chi connectivity index (χ1v) is 6.77. The molecule has 0 amide bonds. The molecule has 1 aromatic rings. The molecule has 0 aromatic heterocycles. The normalized spacial score (nSPS) is 16.1. The van der Waals surface area contributed by atoms with Gasteiger partial charge in [0.05, 0.1) is 0 Å². The number of nitrogens with zero attached hydrogens (tertiary/aromatic N) is 1. The minimum atomic E-state index is 0. The second-order valence-electron chi connectivity index (χ2n) is 4.27. The molecule has 2 rings (SSSR count). The quantitative estimate of drug-likeness (QED) is 0.859. The molecule has 0 saturated carbocycles. The predicted octanol–water partition coefficient (Wildman–Crippen LogP) is 2.35. The number of hydrogen-bond acceptors (Lipinski definition) is 3. The van der Waals surface area contributed by atoms with E-state index in [0.717, 1.165) is 42.8 Å². The molecule has 0 atom stereocenters. The molecule has 3 nitrogen and oxygen atoms in total. The Morgan fingerprint density at radius 2 is 1.83 bits per heavy atom. The van der Waals surface area contributed by atoms with Crippen LogP contribution in [0.1, 0.15) is 16.8 Å². The van der Waals surface area contributed by atoms with E-state index in [2.05, 4.69) is 26.1 Å². The largest absolute Gasteiger partial charge is 0.314 e. The summed E-state index contributed by atoms with van der Waals surface area (Å²) in [4.78, 5) is 14.3. The van der Waals surface area contributed by atoms with Crippen LogP contribution >= 0.6 is 28.3 Å². The molecule has 1 heterocycles. The second kappa shape index (κ2) is 7.89. The predicted molar refractivity (Wildman–Crippen MR) is 79.6 cm³/mol. The van der Waals surface area contributed by atoms with Crippen molar-refractivity contribution >= 4 is 34.1 Å². The zero-order valence-corrected chi connectivity index (χ0v) is 12.6. The maximum Gasteiger partial charge on any atom is 0.164 e. The van der Waals surface area contributed by atoms with E-state index in [-0.39, 0.29) is 18.2 Å². The van der Waals surface area contributed by atoms with E-state index in [0.29, 0.717) is 6.42 Å². The molecule has 18 heavy (non-hydrogen) atoms. The number of Topliss-reactive ketones (excluding diaryl/α,β-unsaturated/α-hetero) is 1. The molecule has 1 aliphatic heterocycles. The van der Waals surface area contributed by atoms with Crippen molar-refractivity contribution < 1.29 is 4.79 Å². The lowest BCUT2D eigenvalue weighted by molar-refractivity contribution is 0.0960. The second-order valence-corrected chi connectivity index (χ2v) is 5.19. The number of rotatable bonds is 4. The van der Waals surface area contributed by atoms with Gasteiger partial charge in [-0.1, -0.05) is 28.1 Å². The molecule has 1 aromatic carbocycles. The molecular weight excluding hydrogens is 316 g/mol. The van der Waals surface area contributed by atoms with Crippen LogP contribution < -0.4 is 5.32 Å². The highest BCUT2D eigenvalue weighted by Crippen LogP contribution is 2.12. The first kappa shape index (κ1) is 15.6. The van der Waals surface area contributed by atoms with E-state index in [9.17, 15) is 4.79 Å². The number of halogens is 2. The van der Waals surface area contributed by atoms with Gasteiger partial charge in [-0.2, -0.15) is 0 Å². The van der Waals surface area contributed by atoms with Gasteiger partial charge in [-0.25, -0.2) is 0 Å². The van der Waals surface area contributed by atoms with Crippen LogP contribution in [0, 0.1) is 0 Å². The number of ketones is 1. The Balaban J connectivity index is 0.00000162. The number of carbonyl (C=O) groups excluding carboxylic acids is 1. The monoisotopic (exact) mass is 332 g/mol. The number of hydrogen-bond donors (Lipinski definition) is 1. The van der Waals surface area contributed by atoms with Crippen LogP contribution in [0.5, 0.6) is 0 Å². The third kappa shape index (κ3) is 4.69. The van der Waals surface area contributed by atoms with Crippen LogP contribution in [0.3, 0.4) is 0 Å². The van der Waals surface area contributed by atoms with Crippen LogP contribution in [0.2, 0.25) is 0 Å². The van der Waals surface area contributed by atoms with Crippen molar-refractivity contribution in [1.82, 2.24) is 10.2 Å². The molecule has 0 aliphatic carbocycles. The van der Waals surface area contributed by atoms with Gasteiger partial charge in [-0.3, -0.25) is 4.79 Å². The van der Waals surface area contributed by atoms with E-state index < -0.39 is 0 Å². The van der Waals surface area contributed by atoms with Gasteiger partial charge in [0, 0.05) is 49.2 Å². The maximum atomic E-state index is 11.9. The van der Waals surface area contributed by atoms with E-state index in [1.165, 1.54) is 0 Å². The summed E-state index contributed by atoms with van der Waals surface area (Å²) >= 11 is 3.37. The Kier molecular flexibility index (Phi) is 6.86. The van der Waals surface area contributed by atoms with E-state index in [1.807, 2.05) is 24.3 Å². The zero-order chi connectivity index (χ0) is 12.1. The van der Waals surface area contributed by atoms with Crippen molar-refractivity contribution in [1.29, 1.82) is 0 Å². The standard InChI is InChI=1S/C13H17BrN2O.ClH/c14-12-3-1-11(2-4-12)13(17)5-8-16-9-6-15-7-10-16;/h1-4,15H,5-10H2;1H. The Hall–Kier alpha value is -0.420. The number of benzene rings is 1. The van der Waals surface area contributed by atoms with Gasteiger partial charge >= 0.3 is 0 Å². The summed E-state index contributed by atoms with van der Waals surface area (Å²) < 4.78 is 1.01. The third-order valence-corrected chi connectivity index (χ3v) is 3.56. The van der Waals surface area contributed by atoms with E-state index in [4.69, 9.17) is 0 Å². The summed E-state index contributed by atoms with van der Waals surface area (Å²) in [5, 5.41) is 3.31. The average molecular weight is 334 g/mol. The van der Waals surface area contributed by atoms with Crippen LogP contribution in [0.4, 0.5) is 0 Å². The van der Waals surface area contributed by atoms with Gasteiger partial charge in [0.15, 0.2) is 5.78 Å². The first-order chi connectivity index (χ1) is 8.25. The molecule has 0 spiro atoms. The molecule has 100 valence electrons. The summed E-state index contributed by atoms with van der Waals surface area (Å²) in [5.41, 5.74) is 0.809. The van der Waals surface area contributed by atoms with Crippen LogP contribution in [-0.2, 0) is 0 Å². The summed E-state index contributed by atoms with van der Waals surface area (Å²) in [6.07, 6.45) is 0.613. The summed E-state index contributed by atoms with van der Waals surface area (Å²) in [5.74, 6) is 0.232.